The molecule has 12 heteroatoms. The number of aromatic nitrogens is 2. The molecule has 42 heavy (non-hydrogen) atoms. The number of carbonyl (C=O) groups is 3. The first kappa shape index (κ1) is 28.0. The summed E-state index contributed by atoms with van der Waals surface area (Å²) in [5.74, 6) is -1.05. The SMILES string of the molecule is O=C(O)Nn1nc(-c2ccc(C3CCCCC3)cc2)c(-c2cccc([N+](=O)[O-])c2)c1C(=O)NNC(=O)c1ccccc1. The van der Waals surface area contributed by atoms with Crippen molar-refractivity contribution in [3.05, 3.63) is 106 Å². The minimum Gasteiger partial charge on any atom is -0.464 e. The summed E-state index contributed by atoms with van der Waals surface area (Å²) < 4.78 is 0. The Hall–Kier alpha value is -5.52. The quantitative estimate of drug-likeness (QED) is 0.169. The van der Waals surface area contributed by atoms with E-state index >= 15 is 0 Å². The van der Waals surface area contributed by atoms with Crippen molar-refractivity contribution in [3.63, 3.8) is 0 Å². The minimum absolute atomic E-state index is 0.143. The minimum atomic E-state index is -1.50. The summed E-state index contributed by atoms with van der Waals surface area (Å²) in [5, 5.41) is 25.5. The Morgan fingerprint density at radius 3 is 2.21 bits per heavy atom. The van der Waals surface area contributed by atoms with Crippen LogP contribution in [0.5, 0.6) is 0 Å². The lowest BCUT2D eigenvalue weighted by Crippen LogP contribution is -2.43. The molecule has 0 aliphatic heterocycles. The number of nitrogens with one attached hydrogen (secondary N) is 3. The summed E-state index contributed by atoms with van der Waals surface area (Å²) in [7, 11) is 0. The summed E-state index contributed by atoms with van der Waals surface area (Å²) >= 11 is 0. The van der Waals surface area contributed by atoms with Crippen LogP contribution in [0.1, 0.15) is 64.4 Å². The highest BCUT2D eigenvalue weighted by Gasteiger charge is 2.28. The van der Waals surface area contributed by atoms with Gasteiger partial charge in [-0.15, -0.1) is 0 Å². The van der Waals surface area contributed by atoms with Gasteiger partial charge in [0.25, 0.3) is 17.5 Å². The maximum absolute atomic E-state index is 13.5. The molecule has 12 nitrogen and oxygen atoms in total. The zero-order valence-electron chi connectivity index (χ0n) is 22.4. The smallest absolute Gasteiger partial charge is 0.425 e. The summed E-state index contributed by atoms with van der Waals surface area (Å²) in [6.45, 7) is 0. The molecule has 3 aromatic carbocycles. The number of hydrogen-bond donors (Lipinski definition) is 4. The fourth-order valence-corrected chi connectivity index (χ4v) is 5.23. The van der Waals surface area contributed by atoms with Crippen LogP contribution in [-0.4, -0.2) is 37.8 Å². The van der Waals surface area contributed by atoms with Gasteiger partial charge in [-0.2, -0.15) is 9.89 Å². The average Bonchev–Trinajstić information content (AvgIpc) is 3.39. The van der Waals surface area contributed by atoms with Gasteiger partial charge < -0.3 is 5.11 Å². The molecule has 5 rings (SSSR count). The van der Waals surface area contributed by atoms with Crippen LogP contribution in [0.15, 0.2) is 78.9 Å². The van der Waals surface area contributed by atoms with Gasteiger partial charge in [-0.05, 0) is 42.0 Å². The van der Waals surface area contributed by atoms with Crippen LogP contribution >= 0.6 is 0 Å². The molecule has 0 unspecified atom stereocenters. The third-order valence-corrected chi connectivity index (χ3v) is 7.23. The maximum atomic E-state index is 13.5. The second kappa shape index (κ2) is 12.3. The van der Waals surface area contributed by atoms with Gasteiger partial charge in [-0.1, -0.05) is 73.9 Å². The van der Waals surface area contributed by atoms with Gasteiger partial charge >= 0.3 is 6.09 Å². The molecule has 1 fully saturated rings. The number of amides is 3. The fraction of sp³-hybridized carbons (Fsp3) is 0.200. The highest BCUT2D eigenvalue weighted by Crippen LogP contribution is 2.38. The lowest BCUT2D eigenvalue weighted by molar-refractivity contribution is -0.384. The van der Waals surface area contributed by atoms with Crippen molar-refractivity contribution in [3.8, 4) is 22.4 Å². The first-order chi connectivity index (χ1) is 20.3. The molecule has 0 saturated heterocycles. The Morgan fingerprint density at radius 2 is 1.55 bits per heavy atom. The van der Waals surface area contributed by atoms with E-state index in [0.29, 0.717) is 11.5 Å². The Labute approximate surface area is 240 Å². The standard InChI is InChI=1S/C30H28N6O6/c37-28(22-10-5-2-6-11-22)31-32-29(38)27-25(23-12-7-13-24(18-23)36(41)42)26(33-35(27)34-30(39)40)21-16-14-20(15-17-21)19-8-3-1-4-9-19/h2,5-7,10-19,34H,1,3-4,8-9H2,(H,31,37)(H,32,38)(H,39,40). The van der Waals surface area contributed by atoms with Gasteiger partial charge in [0.05, 0.1) is 4.92 Å². The number of non-ortho nitro benzene ring substituents is 1. The molecule has 0 bridgehead atoms. The van der Waals surface area contributed by atoms with E-state index < -0.39 is 22.8 Å². The fourth-order valence-electron chi connectivity index (χ4n) is 5.23. The largest absolute Gasteiger partial charge is 0.464 e. The van der Waals surface area contributed by atoms with Gasteiger partial charge in [-0.25, -0.2) is 10.2 Å². The second-order valence-electron chi connectivity index (χ2n) is 9.94. The van der Waals surface area contributed by atoms with Crippen molar-refractivity contribution < 1.29 is 24.4 Å². The first-order valence-corrected chi connectivity index (χ1v) is 13.5. The van der Waals surface area contributed by atoms with E-state index in [0.717, 1.165) is 17.6 Å². The van der Waals surface area contributed by atoms with E-state index in [4.69, 9.17) is 0 Å². The van der Waals surface area contributed by atoms with E-state index in [2.05, 4.69) is 21.4 Å². The zero-order chi connectivity index (χ0) is 29.6. The molecule has 0 spiro atoms. The molecule has 1 aromatic heterocycles. The Morgan fingerprint density at radius 1 is 0.857 bits per heavy atom. The highest BCUT2D eigenvalue weighted by atomic mass is 16.6. The number of carboxylic acid groups (broad SMARTS) is 1. The molecular formula is C30H28N6O6. The van der Waals surface area contributed by atoms with Crippen molar-refractivity contribution in [1.29, 1.82) is 0 Å². The molecule has 3 amide bonds. The summed E-state index contributed by atoms with van der Waals surface area (Å²) in [4.78, 5) is 49.6. The van der Waals surface area contributed by atoms with E-state index in [1.165, 1.54) is 43.0 Å². The van der Waals surface area contributed by atoms with E-state index in [1.807, 2.05) is 24.3 Å². The zero-order valence-corrected chi connectivity index (χ0v) is 22.4. The van der Waals surface area contributed by atoms with Crippen LogP contribution in [0, 0.1) is 10.1 Å². The number of hydrazine groups is 1. The number of nitrogens with zero attached hydrogens (tertiary/aromatic N) is 3. The third kappa shape index (κ3) is 6.12. The second-order valence-corrected chi connectivity index (χ2v) is 9.94. The van der Waals surface area contributed by atoms with E-state index in [9.17, 15) is 29.6 Å². The van der Waals surface area contributed by atoms with Gasteiger partial charge in [0, 0.05) is 28.8 Å². The van der Waals surface area contributed by atoms with E-state index in [1.54, 1.807) is 36.4 Å². The number of nitro groups is 1. The van der Waals surface area contributed by atoms with Crippen LogP contribution < -0.4 is 16.3 Å². The Bertz CT molecular complexity index is 1630. The monoisotopic (exact) mass is 568 g/mol. The van der Waals surface area contributed by atoms with Crippen LogP contribution in [0.2, 0.25) is 0 Å². The molecule has 1 aliphatic carbocycles. The lowest BCUT2D eigenvalue weighted by Gasteiger charge is -2.22. The predicted molar refractivity (Wildman–Crippen MR) is 154 cm³/mol. The van der Waals surface area contributed by atoms with Crippen LogP contribution in [0.3, 0.4) is 0 Å². The number of benzene rings is 3. The Kier molecular flexibility index (Phi) is 8.23. The number of carbonyl (C=O) groups excluding carboxylic acids is 2. The average molecular weight is 569 g/mol. The van der Waals surface area contributed by atoms with Crippen molar-refractivity contribution in [2.24, 2.45) is 0 Å². The van der Waals surface area contributed by atoms with Gasteiger partial charge in [-0.3, -0.25) is 30.6 Å². The summed E-state index contributed by atoms with van der Waals surface area (Å²) in [6, 6.07) is 21.5. The molecular weight excluding hydrogens is 540 g/mol. The van der Waals surface area contributed by atoms with Crippen molar-refractivity contribution in [2.75, 3.05) is 5.43 Å². The van der Waals surface area contributed by atoms with Crippen molar-refractivity contribution in [2.45, 2.75) is 38.0 Å². The predicted octanol–water partition coefficient (Wildman–Crippen LogP) is 5.47. The number of rotatable bonds is 7. The summed E-state index contributed by atoms with van der Waals surface area (Å²) in [6.07, 6.45) is 4.29. The molecule has 0 radical (unpaired) electrons. The highest BCUT2D eigenvalue weighted by molar-refractivity contribution is 6.05. The van der Waals surface area contributed by atoms with Gasteiger partial charge in [0.15, 0.2) is 5.69 Å². The molecule has 4 N–H and O–H groups in total. The first-order valence-electron chi connectivity index (χ1n) is 13.5. The number of hydrogen-bond acceptors (Lipinski definition) is 6. The molecule has 1 aliphatic rings. The molecule has 1 heterocycles. The number of nitro benzene ring substituents is 1. The van der Waals surface area contributed by atoms with Crippen LogP contribution in [0.25, 0.3) is 22.4 Å². The topological polar surface area (TPSA) is 168 Å². The lowest BCUT2D eigenvalue weighted by atomic mass is 9.83. The van der Waals surface area contributed by atoms with Crippen molar-refractivity contribution in [1.82, 2.24) is 20.7 Å². The van der Waals surface area contributed by atoms with Crippen LogP contribution in [0.4, 0.5) is 10.5 Å². The molecule has 0 atom stereocenters. The molecule has 4 aromatic rings. The Balaban J connectivity index is 1.59. The van der Waals surface area contributed by atoms with Crippen molar-refractivity contribution >= 4 is 23.6 Å². The molecule has 214 valence electrons. The van der Waals surface area contributed by atoms with Gasteiger partial charge in [0.2, 0.25) is 0 Å². The van der Waals surface area contributed by atoms with Crippen LogP contribution in [-0.2, 0) is 0 Å². The normalized spacial score (nSPS) is 13.2. The van der Waals surface area contributed by atoms with E-state index in [-0.39, 0.29) is 33.8 Å². The van der Waals surface area contributed by atoms with Gasteiger partial charge in [0.1, 0.15) is 5.69 Å². The maximum Gasteiger partial charge on any atom is 0.425 e. The third-order valence-electron chi connectivity index (χ3n) is 7.23. The molecule has 1 saturated carbocycles. The summed E-state index contributed by atoms with van der Waals surface area (Å²) in [5.41, 5.74) is 8.87.